The normalized spacial score (nSPS) is 10.0. The fourth-order valence-corrected chi connectivity index (χ4v) is 2.35. The quantitative estimate of drug-likeness (QED) is 0.602. The molecule has 2 aromatic carbocycles. The molecule has 140 valence electrons. The number of carbonyl (C=O) groups is 1. The minimum atomic E-state index is -0.0481. The fraction of sp³-hybridized carbons (Fsp3) is 0.316. The molecule has 2 aromatic rings. The second-order valence-electron chi connectivity index (χ2n) is 5.11. The van der Waals surface area contributed by atoms with Crippen LogP contribution in [0.15, 0.2) is 30.3 Å². The zero-order chi connectivity index (χ0) is 18.9. The Morgan fingerprint density at radius 1 is 0.769 bits per heavy atom. The van der Waals surface area contributed by atoms with Crippen molar-refractivity contribution >= 4 is 6.29 Å². The number of hydrogen-bond donors (Lipinski definition) is 0. The van der Waals surface area contributed by atoms with Crippen molar-refractivity contribution in [2.45, 2.75) is 6.61 Å². The molecular formula is C19H22O7. The first-order valence-corrected chi connectivity index (χ1v) is 7.83. The van der Waals surface area contributed by atoms with E-state index >= 15 is 0 Å². The molecule has 0 spiro atoms. The largest absolute Gasteiger partial charge is 0.493 e. The topological polar surface area (TPSA) is 72.5 Å². The maximum absolute atomic E-state index is 10.5. The van der Waals surface area contributed by atoms with E-state index in [1.165, 1.54) is 7.11 Å². The molecule has 0 saturated carbocycles. The molecule has 7 nitrogen and oxygen atoms in total. The van der Waals surface area contributed by atoms with E-state index in [-0.39, 0.29) is 13.2 Å². The lowest BCUT2D eigenvalue weighted by Crippen LogP contribution is -2.02. The van der Waals surface area contributed by atoms with Crippen LogP contribution in [0.3, 0.4) is 0 Å². The zero-order valence-electron chi connectivity index (χ0n) is 15.2. The summed E-state index contributed by atoms with van der Waals surface area (Å²) in [7, 11) is 6.16. The lowest BCUT2D eigenvalue weighted by molar-refractivity contribution is -0.109. The monoisotopic (exact) mass is 362 g/mol. The maximum atomic E-state index is 10.5. The van der Waals surface area contributed by atoms with Gasteiger partial charge in [0.1, 0.15) is 19.0 Å². The van der Waals surface area contributed by atoms with E-state index in [1.54, 1.807) is 45.6 Å². The van der Waals surface area contributed by atoms with Crippen molar-refractivity contribution < 1.29 is 33.2 Å². The summed E-state index contributed by atoms with van der Waals surface area (Å²) >= 11 is 0. The van der Waals surface area contributed by atoms with E-state index in [0.29, 0.717) is 40.8 Å². The zero-order valence-corrected chi connectivity index (χ0v) is 15.2. The first-order valence-electron chi connectivity index (χ1n) is 7.83. The molecule has 0 aliphatic heterocycles. The Hall–Kier alpha value is -3.09. The predicted octanol–water partition coefficient (Wildman–Crippen LogP) is 2.88. The number of rotatable bonds is 10. The van der Waals surface area contributed by atoms with Gasteiger partial charge in [-0.2, -0.15) is 0 Å². The van der Waals surface area contributed by atoms with Crippen molar-refractivity contribution in [1.29, 1.82) is 0 Å². The number of carbonyl (C=O) groups excluding carboxylic acids is 1. The Morgan fingerprint density at radius 2 is 1.42 bits per heavy atom. The van der Waals surface area contributed by atoms with Gasteiger partial charge in [0.2, 0.25) is 5.75 Å². The van der Waals surface area contributed by atoms with Crippen molar-refractivity contribution in [2.75, 3.05) is 35.0 Å². The predicted molar refractivity (Wildman–Crippen MR) is 95.0 cm³/mol. The number of methoxy groups -OCH3 is 4. The highest BCUT2D eigenvalue weighted by Crippen LogP contribution is 2.41. The van der Waals surface area contributed by atoms with Gasteiger partial charge < -0.3 is 28.4 Å². The molecule has 26 heavy (non-hydrogen) atoms. The van der Waals surface area contributed by atoms with Gasteiger partial charge in [-0.25, -0.2) is 0 Å². The molecule has 0 fully saturated rings. The Kier molecular flexibility index (Phi) is 6.96. The maximum Gasteiger partial charge on any atom is 0.203 e. The highest BCUT2D eigenvalue weighted by molar-refractivity contribution is 5.56. The average Bonchev–Trinajstić information content (AvgIpc) is 2.69. The summed E-state index contributed by atoms with van der Waals surface area (Å²) in [5.74, 6) is 3.09. The van der Waals surface area contributed by atoms with Gasteiger partial charge in [-0.15, -0.1) is 0 Å². The first-order chi connectivity index (χ1) is 12.7. The average molecular weight is 362 g/mol. The standard InChI is InChI=1S/C19H22O7/c1-21-15-6-5-13(9-16(15)25-8-7-20)12-26-14-10-17(22-2)19(24-4)18(11-14)23-3/h5-7,9-11H,8,12H2,1-4H3. The van der Waals surface area contributed by atoms with E-state index in [9.17, 15) is 4.79 Å². The van der Waals surface area contributed by atoms with Crippen molar-refractivity contribution in [3.8, 4) is 34.5 Å². The molecule has 0 aliphatic carbocycles. The number of ether oxygens (including phenoxy) is 6. The molecule has 2 rings (SSSR count). The molecule has 0 saturated heterocycles. The molecule has 0 heterocycles. The SMILES string of the molecule is COc1ccc(COc2cc(OC)c(OC)c(OC)c2)cc1OCC=O. The number of benzene rings is 2. The van der Waals surface area contributed by atoms with Crippen molar-refractivity contribution in [3.05, 3.63) is 35.9 Å². The summed E-state index contributed by atoms with van der Waals surface area (Å²) in [4.78, 5) is 10.5. The van der Waals surface area contributed by atoms with E-state index < -0.39 is 0 Å². The van der Waals surface area contributed by atoms with Gasteiger partial charge in [-0.05, 0) is 17.7 Å². The van der Waals surface area contributed by atoms with Crippen LogP contribution in [0.1, 0.15) is 5.56 Å². The summed E-state index contributed by atoms with van der Waals surface area (Å²) in [6, 6.07) is 8.81. The van der Waals surface area contributed by atoms with Crippen LogP contribution in [0.2, 0.25) is 0 Å². The highest BCUT2D eigenvalue weighted by Gasteiger charge is 2.14. The smallest absolute Gasteiger partial charge is 0.203 e. The third-order valence-electron chi connectivity index (χ3n) is 3.58. The summed E-state index contributed by atoms with van der Waals surface area (Å²) in [6.45, 7) is 0.230. The van der Waals surface area contributed by atoms with Crippen molar-refractivity contribution in [2.24, 2.45) is 0 Å². The molecule has 0 aliphatic rings. The third-order valence-corrected chi connectivity index (χ3v) is 3.58. The molecular weight excluding hydrogens is 340 g/mol. The molecule has 0 bridgehead atoms. The third kappa shape index (κ3) is 4.50. The van der Waals surface area contributed by atoms with Crippen LogP contribution in [0, 0.1) is 0 Å². The summed E-state index contributed by atoms with van der Waals surface area (Å²) in [5, 5.41) is 0. The summed E-state index contributed by atoms with van der Waals surface area (Å²) < 4.78 is 32.3. The lowest BCUT2D eigenvalue weighted by Gasteiger charge is -2.15. The van der Waals surface area contributed by atoms with Gasteiger partial charge in [0.05, 0.1) is 28.4 Å². The molecule has 0 unspecified atom stereocenters. The summed E-state index contributed by atoms with van der Waals surface area (Å²) in [6.07, 6.45) is 0.679. The van der Waals surface area contributed by atoms with Crippen LogP contribution in [0.25, 0.3) is 0 Å². The first kappa shape index (κ1) is 19.2. The molecule has 0 radical (unpaired) electrons. The molecule has 0 N–H and O–H groups in total. The Labute approximate surface area is 152 Å². The molecule has 0 amide bonds. The Morgan fingerprint density at radius 3 is 1.96 bits per heavy atom. The second kappa shape index (κ2) is 9.41. The highest BCUT2D eigenvalue weighted by atomic mass is 16.5. The summed E-state index contributed by atoms with van der Waals surface area (Å²) in [5.41, 5.74) is 0.848. The van der Waals surface area contributed by atoms with Crippen LogP contribution < -0.4 is 28.4 Å². The second-order valence-corrected chi connectivity index (χ2v) is 5.11. The van der Waals surface area contributed by atoms with E-state index in [1.807, 2.05) is 6.07 Å². The number of aldehydes is 1. The van der Waals surface area contributed by atoms with E-state index in [0.717, 1.165) is 5.56 Å². The van der Waals surface area contributed by atoms with Gasteiger partial charge in [0, 0.05) is 12.1 Å². The van der Waals surface area contributed by atoms with E-state index in [2.05, 4.69) is 0 Å². The Bertz CT molecular complexity index is 718. The fourth-order valence-electron chi connectivity index (χ4n) is 2.35. The molecule has 0 aromatic heterocycles. The van der Waals surface area contributed by atoms with Gasteiger partial charge in [-0.3, -0.25) is 4.79 Å². The van der Waals surface area contributed by atoms with Crippen LogP contribution in [-0.2, 0) is 11.4 Å². The van der Waals surface area contributed by atoms with Crippen LogP contribution in [0.5, 0.6) is 34.5 Å². The Balaban J connectivity index is 2.19. The van der Waals surface area contributed by atoms with Gasteiger partial charge in [-0.1, -0.05) is 6.07 Å². The van der Waals surface area contributed by atoms with Crippen LogP contribution in [-0.4, -0.2) is 41.3 Å². The molecule has 0 atom stereocenters. The van der Waals surface area contributed by atoms with Gasteiger partial charge >= 0.3 is 0 Å². The van der Waals surface area contributed by atoms with Crippen molar-refractivity contribution in [1.82, 2.24) is 0 Å². The number of hydrogen-bond acceptors (Lipinski definition) is 7. The van der Waals surface area contributed by atoms with Gasteiger partial charge in [0.25, 0.3) is 0 Å². The minimum absolute atomic E-state index is 0.0481. The minimum Gasteiger partial charge on any atom is -0.493 e. The lowest BCUT2D eigenvalue weighted by atomic mass is 10.2. The van der Waals surface area contributed by atoms with Crippen LogP contribution in [0.4, 0.5) is 0 Å². The molecule has 7 heteroatoms. The van der Waals surface area contributed by atoms with Gasteiger partial charge in [0.15, 0.2) is 29.3 Å². The van der Waals surface area contributed by atoms with Crippen molar-refractivity contribution in [3.63, 3.8) is 0 Å². The van der Waals surface area contributed by atoms with Crippen LogP contribution >= 0.6 is 0 Å². The van der Waals surface area contributed by atoms with E-state index in [4.69, 9.17) is 28.4 Å².